The van der Waals surface area contributed by atoms with Gasteiger partial charge in [-0.05, 0) is 179 Å². The third kappa shape index (κ3) is 6.21. The zero-order valence-electron chi connectivity index (χ0n) is 37.4. The largest absolute Gasteiger partial charge is 0.310 e. The van der Waals surface area contributed by atoms with Crippen molar-refractivity contribution in [1.29, 1.82) is 0 Å². The van der Waals surface area contributed by atoms with E-state index in [1.807, 2.05) is 12.2 Å². The van der Waals surface area contributed by atoms with E-state index >= 15 is 0 Å². The smallest absolute Gasteiger partial charge is 0.0540 e. The monoisotopic (exact) mass is 828 g/mol. The van der Waals surface area contributed by atoms with Crippen LogP contribution in [0.5, 0.6) is 0 Å². The number of aryl methyl sites for hydroxylation is 1. The van der Waals surface area contributed by atoms with Crippen LogP contribution in [0.25, 0.3) is 56.0 Å². The fourth-order valence-electron chi connectivity index (χ4n) is 13.3. The second-order valence-electron chi connectivity index (χ2n) is 20.1. The Morgan fingerprint density at radius 3 is 1.91 bits per heavy atom. The highest BCUT2D eigenvalue weighted by Crippen LogP contribution is 2.61. The highest BCUT2D eigenvalue weighted by molar-refractivity contribution is 5.93. The summed E-state index contributed by atoms with van der Waals surface area (Å²) < 4.78 is 2.37. The van der Waals surface area contributed by atoms with Crippen LogP contribution in [0.15, 0.2) is 183 Å². The molecule has 2 heteroatoms. The molecule has 4 fully saturated rings. The van der Waals surface area contributed by atoms with Crippen molar-refractivity contribution in [1.82, 2.24) is 4.57 Å². The number of aromatic nitrogens is 1. The molecule has 64 heavy (non-hydrogen) atoms. The number of hydrogen-bond donors (Lipinski definition) is 0. The van der Waals surface area contributed by atoms with Crippen LogP contribution in [-0.2, 0) is 10.8 Å². The third-order valence-corrected chi connectivity index (χ3v) is 15.9. The Morgan fingerprint density at radius 2 is 1.19 bits per heavy atom. The second kappa shape index (κ2) is 15.0. The standard InChI is InChI=1S/C62H56N2/c1-5-6-18-58-41(2)52-16-10-12-19-59(52)64(58)50-28-26-49(27-29-50)63(60-20-13-11-17-53(60)46-14-8-7-9-15-46)51-30-32-55-54-31-23-47(36-56(54)61(3,4)57(55)37-51)45-21-24-48(25-22-45)62-38-42-33-43(39-62)35-44(34-42)40-62/h5-32,36-37,42-44H,1,33-35,38-40H2,2-4H3/b18-6-. The summed E-state index contributed by atoms with van der Waals surface area (Å²) in [6.45, 7) is 11.0. The number of benzene rings is 7. The third-order valence-electron chi connectivity index (χ3n) is 15.9. The van der Waals surface area contributed by atoms with Crippen molar-refractivity contribution in [3.8, 4) is 39.1 Å². The van der Waals surface area contributed by atoms with Crippen LogP contribution < -0.4 is 4.90 Å². The minimum Gasteiger partial charge on any atom is -0.310 e. The average Bonchev–Trinajstić information content (AvgIpc) is 3.73. The first-order chi connectivity index (χ1) is 31.3. The first-order valence-corrected chi connectivity index (χ1v) is 23.6. The van der Waals surface area contributed by atoms with E-state index in [1.54, 1.807) is 5.56 Å². The molecule has 5 aliphatic carbocycles. The van der Waals surface area contributed by atoms with Gasteiger partial charge in [-0.3, -0.25) is 0 Å². The summed E-state index contributed by atoms with van der Waals surface area (Å²) in [6.07, 6.45) is 14.7. The van der Waals surface area contributed by atoms with Gasteiger partial charge in [0.05, 0.1) is 11.2 Å². The Balaban J connectivity index is 0.927. The number of hydrogen-bond acceptors (Lipinski definition) is 1. The lowest BCUT2D eigenvalue weighted by molar-refractivity contribution is -0.00518. The van der Waals surface area contributed by atoms with Gasteiger partial charge in [0.25, 0.3) is 0 Å². The Morgan fingerprint density at radius 1 is 0.578 bits per heavy atom. The fraction of sp³-hybridized carbons (Fsp3) is 0.226. The van der Waals surface area contributed by atoms with E-state index in [4.69, 9.17) is 0 Å². The zero-order chi connectivity index (χ0) is 43.2. The molecular weight excluding hydrogens is 773 g/mol. The first kappa shape index (κ1) is 39.0. The van der Waals surface area contributed by atoms with Crippen LogP contribution >= 0.6 is 0 Å². The quantitative estimate of drug-likeness (QED) is 0.132. The summed E-state index contributed by atoms with van der Waals surface area (Å²) in [5.74, 6) is 2.87. The molecule has 1 aromatic heterocycles. The van der Waals surface area contributed by atoms with E-state index in [0.717, 1.165) is 40.5 Å². The Kier molecular flexibility index (Phi) is 9.13. The lowest BCUT2D eigenvalue weighted by Crippen LogP contribution is -2.48. The van der Waals surface area contributed by atoms with Gasteiger partial charge in [0.1, 0.15) is 0 Å². The summed E-state index contributed by atoms with van der Waals surface area (Å²) in [5, 5.41) is 1.26. The van der Waals surface area contributed by atoms with Gasteiger partial charge in [-0.1, -0.05) is 142 Å². The van der Waals surface area contributed by atoms with Crippen LogP contribution in [0.2, 0.25) is 0 Å². The van der Waals surface area contributed by atoms with Gasteiger partial charge in [0.15, 0.2) is 0 Å². The molecular formula is C62H56N2. The van der Waals surface area contributed by atoms with Crippen LogP contribution in [0.4, 0.5) is 17.1 Å². The number of fused-ring (bicyclic) bond motifs is 4. The van der Waals surface area contributed by atoms with E-state index in [2.05, 4.69) is 207 Å². The molecule has 4 saturated carbocycles. The second-order valence-corrected chi connectivity index (χ2v) is 20.1. The summed E-state index contributed by atoms with van der Waals surface area (Å²) in [4.78, 5) is 2.46. The average molecular weight is 829 g/mol. The molecule has 8 aromatic rings. The minimum atomic E-state index is -0.188. The molecule has 0 saturated heterocycles. The van der Waals surface area contributed by atoms with Crippen molar-refractivity contribution >= 4 is 34.0 Å². The molecule has 13 rings (SSSR count). The molecule has 1 heterocycles. The van der Waals surface area contributed by atoms with Gasteiger partial charge in [0.2, 0.25) is 0 Å². The van der Waals surface area contributed by atoms with E-state index in [0.29, 0.717) is 5.41 Å². The van der Waals surface area contributed by atoms with Crippen molar-refractivity contribution in [3.63, 3.8) is 0 Å². The molecule has 0 radical (unpaired) electrons. The van der Waals surface area contributed by atoms with Crippen molar-refractivity contribution in [3.05, 3.63) is 210 Å². The molecule has 0 N–H and O–H groups in total. The highest BCUT2D eigenvalue weighted by atomic mass is 15.1. The predicted molar refractivity (Wildman–Crippen MR) is 270 cm³/mol. The molecule has 5 aliphatic rings. The SMILES string of the molecule is C=C/C=C\c1c(C)c2ccccc2n1-c1ccc(N(c2ccc3c(c2)C(C)(C)c2cc(-c4ccc(C56CC7CC(CC(C7)C5)C6)cc4)ccc2-3)c2ccccc2-c2ccccc2)cc1. The van der Waals surface area contributed by atoms with E-state index in [1.165, 1.54) is 105 Å². The van der Waals surface area contributed by atoms with Crippen LogP contribution in [-0.4, -0.2) is 4.57 Å². The Labute approximate surface area is 379 Å². The van der Waals surface area contributed by atoms with Gasteiger partial charge >= 0.3 is 0 Å². The Hall–Kier alpha value is -6.64. The molecule has 0 amide bonds. The van der Waals surface area contributed by atoms with Gasteiger partial charge in [-0.25, -0.2) is 0 Å². The number of para-hydroxylation sites is 2. The lowest BCUT2D eigenvalue weighted by atomic mass is 9.48. The summed E-state index contributed by atoms with van der Waals surface area (Å²) >= 11 is 0. The maximum absolute atomic E-state index is 3.96. The normalized spacial score (nSPS) is 21.3. The number of nitrogens with zero attached hydrogens (tertiary/aromatic N) is 2. The van der Waals surface area contributed by atoms with Crippen LogP contribution in [0.3, 0.4) is 0 Å². The molecule has 7 aromatic carbocycles. The highest BCUT2D eigenvalue weighted by Gasteiger charge is 2.51. The maximum atomic E-state index is 3.96. The minimum absolute atomic E-state index is 0.188. The topological polar surface area (TPSA) is 8.17 Å². The molecule has 4 bridgehead atoms. The van der Waals surface area contributed by atoms with E-state index in [9.17, 15) is 0 Å². The van der Waals surface area contributed by atoms with Crippen molar-refractivity contribution < 1.29 is 0 Å². The van der Waals surface area contributed by atoms with E-state index < -0.39 is 0 Å². The van der Waals surface area contributed by atoms with Crippen LogP contribution in [0, 0.1) is 24.7 Å². The number of rotatable bonds is 9. The summed E-state index contributed by atoms with van der Waals surface area (Å²) in [7, 11) is 0. The van der Waals surface area contributed by atoms with E-state index in [-0.39, 0.29) is 5.41 Å². The van der Waals surface area contributed by atoms with Crippen molar-refractivity contribution in [2.45, 2.75) is 70.1 Å². The summed E-state index contributed by atoms with van der Waals surface area (Å²) in [5.41, 5.74) is 20.4. The zero-order valence-corrected chi connectivity index (χ0v) is 37.4. The van der Waals surface area contributed by atoms with Gasteiger partial charge in [0, 0.05) is 39.1 Å². The van der Waals surface area contributed by atoms with Crippen molar-refractivity contribution in [2.75, 3.05) is 4.90 Å². The van der Waals surface area contributed by atoms with Gasteiger partial charge < -0.3 is 9.47 Å². The lowest BCUT2D eigenvalue weighted by Gasteiger charge is -2.57. The molecule has 0 atom stereocenters. The summed E-state index contributed by atoms with van der Waals surface area (Å²) in [6, 6.07) is 61.7. The Bertz CT molecular complexity index is 3090. The molecule has 2 nitrogen and oxygen atoms in total. The fourth-order valence-corrected chi connectivity index (χ4v) is 13.3. The maximum Gasteiger partial charge on any atom is 0.0540 e. The predicted octanol–water partition coefficient (Wildman–Crippen LogP) is 16.7. The number of allylic oxidation sites excluding steroid dienone is 2. The van der Waals surface area contributed by atoms with Crippen LogP contribution in [0.1, 0.15) is 80.3 Å². The van der Waals surface area contributed by atoms with Gasteiger partial charge in [-0.2, -0.15) is 0 Å². The molecule has 314 valence electrons. The molecule has 0 unspecified atom stereocenters. The molecule has 0 spiro atoms. The number of anilines is 3. The van der Waals surface area contributed by atoms with Crippen molar-refractivity contribution in [2.24, 2.45) is 17.8 Å². The first-order valence-electron chi connectivity index (χ1n) is 23.6. The van der Waals surface area contributed by atoms with Gasteiger partial charge in [-0.15, -0.1) is 0 Å². The molecule has 0 aliphatic heterocycles.